The van der Waals surface area contributed by atoms with Gasteiger partial charge in [-0.1, -0.05) is 13.8 Å². The molecule has 1 aliphatic heterocycles. The highest BCUT2D eigenvalue weighted by Gasteiger charge is 2.59. The molecule has 0 aromatic carbocycles. The summed E-state index contributed by atoms with van der Waals surface area (Å²) in [6, 6.07) is 0. The van der Waals surface area contributed by atoms with Gasteiger partial charge in [-0.3, -0.25) is 0 Å². The minimum Gasteiger partial charge on any atom is -0.393 e. The number of aliphatic hydroxyl groups excluding tert-OH is 1. The molecule has 70 valence electrons. The van der Waals surface area contributed by atoms with Crippen molar-refractivity contribution in [3.8, 4) is 0 Å². The largest absolute Gasteiger partial charge is 0.393 e. The van der Waals surface area contributed by atoms with E-state index in [1.807, 2.05) is 0 Å². The highest BCUT2D eigenvalue weighted by atomic mass is 16.5. The van der Waals surface area contributed by atoms with Crippen LogP contribution in [-0.4, -0.2) is 22.9 Å². The first-order valence-electron chi connectivity index (χ1n) is 4.96. The quantitative estimate of drug-likeness (QED) is 0.647. The lowest BCUT2D eigenvalue weighted by molar-refractivity contribution is -0.104. The third-order valence-electron chi connectivity index (χ3n) is 3.97. The van der Waals surface area contributed by atoms with Crippen molar-refractivity contribution in [2.75, 3.05) is 0 Å². The maximum Gasteiger partial charge on any atom is 0.0738 e. The van der Waals surface area contributed by atoms with Gasteiger partial charge in [0.2, 0.25) is 0 Å². The molecule has 2 aliphatic rings. The summed E-state index contributed by atoms with van der Waals surface area (Å²) < 4.78 is 5.92. The van der Waals surface area contributed by atoms with Crippen LogP contribution in [0.3, 0.4) is 0 Å². The number of hydrogen-bond acceptors (Lipinski definition) is 2. The average molecular weight is 170 g/mol. The lowest BCUT2D eigenvalue weighted by atomic mass is 9.87. The molecule has 5 atom stereocenters. The fourth-order valence-corrected chi connectivity index (χ4v) is 3.23. The van der Waals surface area contributed by atoms with Crippen LogP contribution in [0.4, 0.5) is 0 Å². The number of aliphatic hydroxyl groups is 1. The summed E-state index contributed by atoms with van der Waals surface area (Å²) in [5.74, 6) is 0.914. The maximum absolute atomic E-state index is 9.78. The molecule has 2 fully saturated rings. The van der Waals surface area contributed by atoms with Gasteiger partial charge in [-0.15, -0.1) is 0 Å². The lowest BCUT2D eigenvalue weighted by Crippen LogP contribution is -2.36. The maximum atomic E-state index is 9.78. The second kappa shape index (κ2) is 2.46. The molecule has 2 heteroatoms. The molecule has 1 saturated carbocycles. The van der Waals surface area contributed by atoms with E-state index in [9.17, 15) is 5.11 Å². The fourth-order valence-electron chi connectivity index (χ4n) is 3.23. The number of fused-ring (bicyclic) bond motifs is 2. The predicted molar refractivity (Wildman–Crippen MR) is 46.8 cm³/mol. The summed E-state index contributed by atoms with van der Waals surface area (Å²) in [7, 11) is 0. The van der Waals surface area contributed by atoms with Crippen molar-refractivity contribution in [3.05, 3.63) is 0 Å². The Kier molecular flexibility index (Phi) is 1.74. The smallest absolute Gasteiger partial charge is 0.0738 e. The molecule has 1 heterocycles. The molecule has 1 N–H and O–H groups in total. The van der Waals surface area contributed by atoms with Gasteiger partial charge in [-0.2, -0.15) is 0 Å². The van der Waals surface area contributed by atoms with Crippen molar-refractivity contribution in [2.45, 2.75) is 51.4 Å². The Morgan fingerprint density at radius 2 is 2.17 bits per heavy atom. The van der Waals surface area contributed by atoms with E-state index in [-0.39, 0.29) is 17.8 Å². The summed E-state index contributed by atoms with van der Waals surface area (Å²) >= 11 is 0. The van der Waals surface area contributed by atoms with E-state index in [0.717, 1.165) is 12.8 Å². The highest BCUT2D eigenvalue weighted by molar-refractivity contribution is 5.07. The molecule has 2 rings (SSSR count). The molecular weight excluding hydrogens is 152 g/mol. The third-order valence-corrected chi connectivity index (χ3v) is 3.97. The molecule has 1 aliphatic carbocycles. The summed E-state index contributed by atoms with van der Waals surface area (Å²) in [5.41, 5.74) is 0.00347. The lowest BCUT2D eigenvalue weighted by Gasteiger charge is -2.31. The topological polar surface area (TPSA) is 29.5 Å². The molecule has 0 aromatic heterocycles. The Hall–Kier alpha value is -0.0800. The van der Waals surface area contributed by atoms with E-state index in [1.165, 1.54) is 0 Å². The van der Waals surface area contributed by atoms with Crippen LogP contribution in [0.15, 0.2) is 0 Å². The zero-order valence-corrected chi connectivity index (χ0v) is 8.08. The Morgan fingerprint density at radius 3 is 2.50 bits per heavy atom. The predicted octanol–water partition coefficient (Wildman–Crippen LogP) is 1.57. The summed E-state index contributed by atoms with van der Waals surface area (Å²) in [4.78, 5) is 0. The van der Waals surface area contributed by atoms with Gasteiger partial charge in [0.05, 0.1) is 17.8 Å². The molecule has 1 unspecified atom stereocenters. The van der Waals surface area contributed by atoms with Crippen LogP contribution in [-0.2, 0) is 4.74 Å². The minimum absolute atomic E-state index is 0.00347. The Bertz CT molecular complexity index is 178. The van der Waals surface area contributed by atoms with Crippen molar-refractivity contribution in [3.63, 3.8) is 0 Å². The third kappa shape index (κ3) is 0.826. The van der Waals surface area contributed by atoms with E-state index in [1.54, 1.807) is 0 Å². The first kappa shape index (κ1) is 8.52. The molecule has 12 heavy (non-hydrogen) atoms. The fraction of sp³-hybridized carbons (Fsp3) is 1.00. The summed E-state index contributed by atoms with van der Waals surface area (Å²) in [5, 5.41) is 9.78. The van der Waals surface area contributed by atoms with Gasteiger partial charge in [-0.25, -0.2) is 0 Å². The number of ether oxygens (including phenoxy) is 1. The van der Waals surface area contributed by atoms with E-state index in [0.29, 0.717) is 11.8 Å². The minimum atomic E-state index is -0.122. The second-order valence-corrected chi connectivity index (χ2v) is 4.38. The van der Waals surface area contributed by atoms with Crippen LogP contribution in [0, 0.1) is 11.8 Å². The summed E-state index contributed by atoms with van der Waals surface area (Å²) in [6.07, 6.45) is 2.01. The van der Waals surface area contributed by atoms with Crippen molar-refractivity contribution in [1.82, 2.24) is 0 Å². The van der Waals surface area contributed by atoms with Gasteiger partial charge in [0.15, 0.2) is 0 Å². The van der Waals surface area contributed by atoms with Gasteiger partial charge >= 0.3 is 0 Å². The monoisotopic (exact) mass is 170 g/mol. The van der Waals surface area contributed by atoms with E-state index < -0.39 is 0 Å². The van der Waals surface area contributed by atoms with Crippen LogP contribution in [0.25, 0.3) is 0 Å². The van der Waals surface area contributed by atoms with Crippen LogP contribution in [0.2, 0.25) is 0 Å². The van der Waals surface area contributed by atoms with Crippen molar-refractivity contribution in [2.24, 2.45) is 11.8 Å². The van der Waals surface area contributed by atoms with E-state index in [2.05, 4.69) is 20.8 Å². The first-order chi connectivity index (χ1) is 5.60. The van der Waals surface area contributed by atoms with Gasteiger partial charge < -0.3 is 9.84 Å². The Morgan fingerprint density at radius 1 is 1.50 bits per heavy atom. The normalized spacial score (nSPS) is 58.0. The highest BCUT2D eigenvalue weighted by Crippen LogP contribution is 2.53. The van der Waals surface area contributed by atoms with Crippen LogP contribution < -0.4 is 0 Å². The van der Waals surface area contributed by atoms with Crippen LogP contribution in [0.5, 0.6) is 0 Å². The molecule has 2 nitrogen and oxygen atoms in total. The van der Waals surface area contributed by atoms with E-state index in [4.69, 9.17) is 4.74 Å². The van der Waals surface area contributed by atoms with Crippen molar-refractivity contribution >= 4 is 0 Å². The van der Waals surface area contributed by atoms with Gasteiger partial charge in [0.1, 0.15) is 0 Å². The van der Waals surface area contributed by atoms with Crippen LogP contribution >= 0.6 is 0 Å². The number of rotatable bonds is 1. The zero-order chi connectivity index (χ0) is 8.93. The van der Waals surface area contributed by atoms with Crippen LogP contribution in [0.1, 0.15) is 33.6 Å². The van der Waals surface area contributed by atoms with Gasteiger partial charge in [-0.05, 0) is 19.3 Å². The van der Waals surface area contributed by atoms with Crippen molar-refractivity contribution in [1.29, 1.82) is 0 Å². The summed E-state index contributed by atoms with van der Waals surface area (Å²) in [6.45, 7) is 6.46. The Balaban J connectivity index is 2.28. The SMILES string of the molecule is CC[C@]12CC(O)[C@H]([C@H](C)O1)[C@H]2C. The molecule has 0 radical (unpaired) electrons. The molecule has 1 saturated heterocycles. The van der Waals surface area contributed by atoms with Crippen molar-refractivity contribution < 1.29 is 9.84 Å². The molecule has 2 bridgehead atoms. The second-order valence-electron chi connectivity index (χ2n) is 4.38. The molecule has 0 amide bonds. The average Bonchev–Trinajstić information content (AvgIpc) is 2.37. The van der Waals surface area contributed by atoms with Gasteiger partial charge in [0, 0.05) is 12.3 Å². The van der Waals surface area contributed by atoms with E-state index >= 15 is 0 Å². The number of hydrogen-bond donors (Lipinski definition) is 1. The molecule has 0 aromatic rings. The van der Waals surface area contributed by atoms with Gasteiger partial charge in [0.25, 0.3) is 0 Å². The Labute approximate surface area is 73.9 Å². The zero-order valence-electron chi connectivity index (χ0n) is 8.08. The standard InChI is InChI=1S/C10H18O2/c1-4-10-5-8(11)9(6(10)2)7(3)12-10/h6-9,11H,4-5H2,1-3H3/t6-,7+,8?,9+,10-/m1/s1. The first-order valence-corrected chi connectivity index (χ1v) is 4.96. The molecular formula is C10H18O2. The molecule has 0 spiro atoms.